The Morgan fingerprint density at radius 3 is 2.17 bits per heavy atom. The number of cyclic esters (lactones) is 1. The Labute approximate surface area is 210 Å². The van der Waals surface area contributed by atoms with Crippen molar-refractivity contribution in [3.05, 3.63) is 35.9 Å². The molecule has 0 saturated carbocycles. The summed E-state index contributed by atoms with van der Waals surface area (Å²) in [6.07, 6.45) is -3.37. The molecule has 198 valence electrons. The van der Waals surface area contributed by atoms with Gasteiger partial charge in [-0.2, -0.15) is 0 Å². The van der Waals surface area contributed by atoms with Crippen LogP contribution in [0.5, 0.6) is 0 Å². The van der Waals surface area contributed by atoms with Crippen LogP contribution in [0.15, 0.2) is 30.3 Å². The standard InChI is InChI=1S/C25H35N3O8/c1-23(2,3)35-20(31)26-14-10-13-18(28(26)22(33)36-24(4,5)6)25(15-17-11-8-7-9-12-17)16-34-21(32)27(25)19(29)30/h7-9,11-12,18H,10,13-16H2,1-6H3,(H,29,30)/t18-,25+/m0/s1. The summed E-state index contributed by atoms with van der Waals surface area (Å²) in [4.78, 5) is 52.4. The first-order valence-corrected chi connectivity index (χ1v) is 11.9. The number of carbonyl (C=O) groups excluding carboxylic acids is 3. The molecule has 11 nitrogen and oxygen atoms in total. The summed E-state index contributed by atoms with van der Waals surface area (Å²) in [6, 6.07) is 8.06. The van der Waals surface area contributed by atoms with E-state index in [1.807, 2.05) is 6.07 Å². The molecule has 2 atom stereocenters. The second-order valence-electron chi connectivity index (χ2n) is 11.0. The predicted molar refractivity (Wildman–Crippen MR) is 128 cm³/mol. The molecule has 0 unspecified atom stereocenters. The van der Waals surface area contributed by atoms with Crippen molar-refractivity contribution in [2.75, 3.05) is 13.2 Å². The fourth-order valence-electron chi connectivity index (χ4n) is 4.57. The molecule has 2 aliphatic rings. The van der Waals surface area contributed by atoms with Gasteiger partial charge in [-0.15, -0.1) is 0 Å². The summed E-state index contributed by atoms with van der Waals surface area (Å²) in [5.41, 5.74) is -2.52. The molecule has 2 fully saturated rings. The number of nitrogens with zero attached hydrogens (tertiary/aromatic N) is 3. The van der Waals surface area contributed by atoms with Gasteiger partial charge in [0, 0.05) is 13.0 Å². The van der Waals surface area contributed by atoms with Crippen LogP contribution in [0.2, 0.25) is 0 Å². The van der Waals surface area contributed by atoms with E-state index in [0.717, 1.165) is 15.6 Å². The van der Waals surface area contributed by atoms with E-state index in [1.165, 1.54) is 0 Å². The van der Waals surface area contributed by atoms with Crippen molar-refractivity contribution in [2.45, 2.75) is 83.6 Å². The largest absolute Gasteiger partial charge is 0.465 e. The Kier molecular flexibility index (Phi) is 7.42. The minimum Gasteiger partial charge on any atom is -0.465 e. The van der Waals surface area contributed by atoms with Crippen molar-refractivity contribution in [1.82, 2.24) is 14.9 Å². The summed E-state index contributed by atoms with van der Waals surface area (Å²) in [6.45, 7) is 10.0. The number of carbonyl (C=O) groups is 4. The predicted octanol–water partition coefficient (Wildman–Crippen LogP) is 4.65. The van der Waals surface area contributed by atoms with Crippen LogP contribution in [-0.2, 0) is 20.6 Å². The van der Waals surface area contributed by atoms with E-state index in [4.69, 9.17) is 14.2 Å². The van der Waals surface area contributed by atoms with Crippen LogP contribution in [0.1, 0.15) is 59.9 Å². The molecule has 36 heavy (non-hydrogen) atoms. The lowest BCUT2D eigenvalue weighted by Gasteiger charge is -2.50. The Morgan fingerprint density at radius 2 is 1.61 bits per heavy atom. The normalized spacial score (nSPS) is 22.8. The van der Waals surface area contributed by atoms with Gasteiger partial charge in [-0.3, -0.25) is 0 Å². The Bertz CT molecular complexity index is 1000. The highest BCUT2D eigenvalue weighted by Crippen LogP contribution is 2.40. The number of hydrogen-bond acceptors (Lipinski definition) is 7. The average molecular weight is 506 g/mol. The number of ether oxygens (including phenoxy) is 3. The number of carboxylic acid groups (broad SMARTS) is 1. The highest BCUT2D eigenvalue weighted by Gasteiger charge is 2.60. The summed E-state index contributed by atoms with van der Waals surface area (Å²) in [5, 5.41) is 12.3. The molecule has 0 bridgehead atoms. The van der Waals surface area contributed by atoms with Crippen LogP contribution in [0.25, 0.3) is 0 Å². The number of hydrogen-bond donors (Lipinski definition) is 1. The molecule has 2 saturated heterocycles. The second kappa shape index (κ2) is 9.87. The topological polar surface area (TPSA) is 126 Å². The van der Waals surface area contributed by atoms with E-state index in [9.17, 15) is 24.3 Å². The summed E-state index contributed by atoms with van der Waals surface area (Å²) < 4.78 is 16.5. The smallest absolute Gasteiger partial charge is 0.429 e. The van der Waals surface area contributed by atoms with Gasteiger partial charge in [0.2, 0.25) is 0 Å². The van der Waals surface area contributed by atoms with Crippen molar-refractivity contribution in [2.24, 2.45) is 0 Å². The molecule has 0 aliphatic carbocycles. The van der Waals surface area contributed by atoms with Gasteiger partial charge in [-0.05, 0) is 59.9 Å². The third-order valence-electron chi connectivity index (χ3n) is 5.83. The van der Waals surface area contributed by atoms with E-state index in [2.05, 4.69) is 0 Å². The third-order valence-corrected chi connectivity index (χ3v) is 5.83. The van der Waals surface area contributed by atoms with Crippen molar-refractivity contribution < 1.29 is 38.5 Å². The van der Waals surface area contributed by atoms with Crippen LogP contribution in [-0.4, -0.2) is 80.3 Å². The molecule has 3 rings (SSSR count). The highest BCUT2D eigenvalue weighted by molar-refractivity contribution is 5.90. The number of benzene rings is 1. The SMILES string of the molecule is CC(C)(C)OC(=O)N1CCC[C@@H]([C@@]2(Cc3ccccc3)COC(=O)N2C(=O)O)N1C(=O)OC(C)(C)C. The van der Waals surface area contributed by atoms with E-state index < -0.39 is 47.2 Å². The van der Waals surface area contributed by atoms with Crippen LogP contribution in [0.3, 0.4) is 0 Å². The van der Waals surface area contributed by atoms with Gasteiger partial charge in [-0.25, -0.2) is 34.1 Å². The summed E-state index contributed by atoms with van der Waals surface area (Å²) >= 11 is 0. The molecule has 4 amide bonds. The first kappa shape index (κ1) is 27.1. The van der Waals surface area contributed by atoms with Crippen molar-refractivity contribution in [1.29, 1.82) is 0 Å². The Balaban J connectivity index is 2.14. The minimum atomic E-state index is -1.51. The van der Waals surface area contributed by atoms with Crippen LogP contribution >= 0.6 is 0 Å². The Hall–Kier alpha value is -3.50. The zero-order chi connectivity index (χ0) is 26.9. The summed E-state index contributed by atoms with van der Waals surface area (Å²) in [5.74, 6) is 0. The molecule has 0 spiro atoms. The lowest BCUT2D eigenvalue weighted by molar-refractivity contribution is -0.119. The minimum absolute atomic E-state index is 0.0675. The van der Waals surface area contributed by atoms with E-state index in [0.29, 0.717) is 17.7 Å². The first-order valence-electron chi connectivity index (χ1n) is 11.9. The molecular formula is C25H35N3O8. The first-order chi connectivity index (χ1) is 16.6. The molecule has 1 aromatic rings. The zero-order valence-corrected chi connectivity index (χ0v) is 21.6. The zero-order valence-electron chi connectivity index (χ0n) is 21.6. The molecule has 0 radical (unpaired) electrons. The van der Waals surface area contributed by atoms with E-state index in [1.54, 1.807) is 65.8 Å². The van der Waals surface area contributed by atoms with Gasteiger partial charge >= 0.3 is 24.4 Å². The van der Waals surface area contributed by atoms with Crippen LogP contribution in [0, 0.1) is 0 Å². The van der Waals surface area contributed by atoms with E-state index >= 15 is 0 Å². The van der Waals surface area contributed by atoms with Gasteiger partial charge in [0.1, 0.15) is 23.3 Å². The third kappa shape index (κ3) is 5.83. The number of imide groups is 1. The number of rotatable bonds is 3. The fraction of sp³-hybridized carbons (Fsp3) is 0.600. The fourth-order valence-corrected chi connectivity index (χ4v) is 4.57. The van der Waals surface area contributed by atoms with E-state index in [-0.39, 0.29) is 19.6 Å². The molecule has 11 heteroatoms. The quantitative estimate of drug-likeness (QED) is 0.589. The molecule has 1 aromatic carbocycles. The highest BCUT2D eigenvalue weighted by atomic mass is 16.6. The van der Waals surface area contributed by atoms with Gasteiger partial charge in [0.25, 0.3) is 0 Å². The lowest BCUT2D eigenvalue weighted by atomic mass is 9.80. The summed E-state index contributed by atoms with van der Waals surface area (Å²) in [7, 11) is 0. The molecule has 2 aliphatic heterocycles. The second-order valence-corrected chi connectivity index (χ2v) is 11.0. The molecule has 2 heterocycles. The van der Waals surface area contributed by atoms with Crippen molar-refractivity contribution >= 4 is 24.4 Å². The molecular weight excluding hydrogens is 470 g/mol. The Morgan fingerprint density at radius 1 is 1.03 bits per heavy atom. The van der Waals surface area contributed by atoms with Gasteiger partial charge < -0.3 is 19.3 Å². The number of hydrazine groups is 1. The average Bonchev–Trinajstić information content (AvgIpc) is 3.08. The maximum absolute atomic E-state index is 13.6. The van der Waals surface area contributed by atoms with Crippen molar-refractivity contribution in [3.8, 4) is 0 Å². The van der Waals surface area contributed by atoms with Crippen LogP contribution < -0.4 is 0 Å². The maximum Gasteiger partial charge on any atom is 0.429 e. The lowest BCUT2D eigenvalue weighted by Crippen LogP contribution is -2.71. The molecule has 0 aromatic heterocycles. The monoisotopic (exact) mass is 505 g/mol. The van der Waals surface area contributed by atoms with Gasteiger partial charge in [0.15, 0.2) is 0 Å². The molecule has 1 N–H and O–H groups in total. The van der Waals surface area contributed by atoms with Crippen molar-refractivity contribution in [3.63, 3.8) is 0 Å². The maximum atomic E-state index is 13.6. The number of amides is 4. The van der Waals surface area contributed by atoms with Gasteiger partial charge in [-0.1, -0.05) is 30.3 Å². The van der Waals surface area contributed by atoms with Gasteiger partial charge in [0.05, 0.1) is 6.04 Å². The van der Waals surface area contributed by atoms with Crippen LogP contribution in [0.4, 0.5) is 19.2 Å².